The van der Waals surface area contributed by atoms with Crippen LogP contribution in [0.1, 0.15) is 18.4 Å². The van der Waals surface area contributed by atoms with Crippen molar-refractivity contribution in [3.63, 3.8) is 0 Å². The number of aromatic nitrogens is 1. The molecule has 1 aromatic rings. The van der Waals surface area contributed by atoms with Gasteiger partial charge in [0.25, 0.3) is 0 Å². The molecule has 1 fully saturated rings. The van der Waals surface area contributed by atoms with Crippen molar-refractivity contribution >= 4 is 6.08 Å². The van der Waals surface area contributed by atoms with Crippen LogP contribution in [0.2, 0.25) is 0 Å². The van der Waals surface area contributed by atoms with Crippen LogP contribution in [0.15, 0.2) is 23.5 Å². The summed E-state index contributed by atoms with van der Waals surface area (Å²) < 4.78 is 13.2. The van der Waals surface area contributed by atoms with E-state index in [1.165, 1.54) is 12.3 Å². The number of rotatable bonds is 2. The third-order valence-electron chi connectivity index (χ3n) is 2.26. The Morgan fingerprint density at radius 2 is 2.38 bits per heavy atom. The minimum atomic E-state index is -0.630. The summed E-state index contributed by atoms with van der Waals surface area (Å²) in [5.41, 5.74) is -0.180. The van der Waals surface area contributed by atoms with Crippen molar-refractivity contribution in [1.82, 2.24) is 4.98 Å². The Morgan fingerprint density at radius 3 is 2.92 bits per heavy atom. The highest BCUT2D eigenvalue weighted by Crippen LogP contribution is 2.49. The molecular weight excluding hydrogens is 171 g/mol. The molecule has 0 atom stereocenters. The fourth-order valence-electron chi connectivity index (χ4n) is 1.40. The van der Waals surface area contributed by atoms with Gasteiger partial charge in [0.2, 0.25) is 6.08 Å². The molecule has 66 valence electrons. The largest absolute Gasteiger partial charge is 0.262 e. The van der Waals surface area contributed by atoms with Gasteiger partial charge in [-0.05, 0) is 18.9 Å². The lowest BCUT2D eigenvalue weighted by molar-refractivity contribution is 0.546. The minimum absolute atomic E-state index is 0.404. The lowest BCUT2D eigenvalue weighted by Gasteiger charge is -2.07. The first-order chi connectivity index (χ1) is 6.28. The molecule has 0 amide bonds. The number of pyridine rings is 1. The van der Waals surface area contributed by atoms with Crippen LogP contribution < -0.4 is 0 Å². The number of hydrogen-bond acceptors (Lipinski definition) is 3. The van der Waals surface area contributed by atoms with E-state index in [0.29, 0.717) is 18.4 Å². The van der Waals surface area contributed by atoms with Gasteiger partial charge in [-0.2, -0.15) is 4.99 Å². The number of carbonyl (C=O) groups excluding carboxylic acids is 1. The third-order valence-corrected chi connectivity index (χ3v) is 2.26. The van der Waals surface area contributed by atoms with Crippen molar-refractivity contribution in [2.24, 2.45) is 4.99 Å². The van der Waals surface area contributed by atoms with Crippen LogP contribution >= 0.6 is 0 Å². The molecule has 0 radical (unpaired) electrons. The van der Waals surface area contributed by atoms with Crippen molar-refractivity contribution in [1.29, 1.82) is 0 Å². The Balaban J connectivity index is 2.46. The van der Waals surface area contributed by atoms with Gasteiger partial charge in [0.1, 0.15) is 11.4 Å². The molecule has 0 aliphatic heterocycles. The minimum Gasteiger partial charge on any atom is -0.262 e. The van der Waals surface area contributed by atoms with Crippen molar-refractivity contribution in [3.05, 3.63) is 29.8 Å². The Hall–Kier alpha value is -1.54. The predicted octanol–water partition coefficient (Wildman–Crippen LogP) is 1.55. The molecule has 1 aliphatic carbocycles. The summed E-state index contributed by atoms with van der Waals surface area (Å²) in [5.74, 6) is -0.404. The van der Waals surface area contributed by atoms with Gasteiger partial charge >= 0.3 is 0 Å². The van der Waals surface area contributed by atoms with Gasteiger partial charge in [0.05, 0.1) is 6.20 Å². The predicted molar refractivity (Wildman–Crippen MR) is 43.2 cm³/mol. The maximum Gasteiger partial charge on any atom is 0.235 e. The van der Waals surface area contributed by atoms with Crippen LogP contribution in [0.3, 0.4) is 0 Å². The van der Waals surface area contributed by atoms with Crippen LogP contribution in [0, 0.1) is 5.82 Å². The highest BCUT2D eigenvalue weighted by Gasteiger charge is 2.46. The summed E-state index contributed by atoms with van der Waals surface area (Å²) in [4.78, 5) is 17.4. The van der Waals surface area contributed by atoms with Gasteiger partial charge in [-0.1, -0.05) is 0 Å². The van der Waals surface area contributed by atoms with Crippen molar-refractivity contribution in [2.75, 3.05) is 0 Å². The van der Waals surface area contributed by atoms with Gasteiger partial charge in [-0.25, -0.2) is 9.18 Å². The van der Waals surface area contributed by atoms with Gasteiger partial charge in [0.15, 0.2) is 0 Å². The molecule has 1 heterocycles. The number of halogens is 1. The zero-order valence-corrected chi connectivity index (χ0v) is 6.83. The molecule has 4 heteroatoms. The fraction of sp³-hybridized carbons (Fsp3) is 0.333. The van der Waals surface area contributed by atoms with Gasteiger partial charge < -0.3 is 0 Å². The van der Waals surface area contributed by atoms with Crippen LogP contribution in [0.4, 0.5) is 4.39 Å². The lowest BCUT2D eigenvalue weighted by atomic mass is 10.1. The normalized spacial score (nSPS) is 17.6. The van der Waals surface area contributed by atoms with E-state index in [2.05, 4.69) is 9.98 Å². The molecule has 0 unspecified atom stereocenters. The second-order valence-electron chi connectivity index (χ2n) is 3.09. The van der Waals surface area contributed by atoms with Crippen LogP contribution in [0.25, 0.3) is 0 Å². The van der Waals surface area contributed by atoms with Crippen LogP contribution in [0.5, 0.6) is 0 Å². The molecule has 0 bridgehead atoms. The molecule has 0 N–H and O–H groups in total. The summed E-state index contributed by atoms with van der Waals surface area (Å²) >= 11 is 0. The number of nitrogens with zero attached hydrogens (tertiary/aromatic N) is 2. The monoisotopic (exact) mass is 178 g/mol. The molecule has 0 saturated heterocycles. The first-order valence-electron chi connectivity index (χ1n) is 3.97. The quantitative estimate of drug-likeness (QED) is 0.509. The highest BCUT2D eigenvalue weighted by atomic mass is 19.1. The molecule has 1 aliphatic rings. The van der Waals surface area contributed by atoms with E-state index in [-0.39, 0.29) is 0 Å². The van der Waals surface area contributed by atoms with Crippen molar-refractivity contribution in [2.45, 2.75) is 18.4 Å². The van der Waals surface area contributed by atoms with Gasteiger partial charge in [0, 0.05) is 11.8 Å². The Kier molecular flexibility index (Phi) is 1.71. The molecular formula is C9H7FN2O. The first kappa shape index (κ1) is 8.08. The summed E-state index contributed by atoms with van der Waals surface area (Å²) in [6.07, 6.45) is 5.54. The molecule has 3 nitrogen and oxygen atoms in total. The average molecular weight is 178 g/mol. The second-order valence-corrected chi connectivity index (χ2v) is 3.09. The van der Waals surface area contributed by atoms with Crippen molar-refractivity contribution in [3.8, 4) is 0 Å². The van der Waals surface area contributed by atoms with Crippen molar-refractivity contribution < 1.29 is 9.18 Å². The molecule has 0 spiro atoms. The molecule has 1 aromatic heterocycles. The first-order valence-corrected chi connectivity index (χ1v) is 3.97. The molecule has 0 aromatic carbocycles. The van der Waals surface area contributed by atoms with Crippen LogP contribution in [-0.2, 0) is 10.3 Å². The Morgan fingerprint density at radius 1 is 1.62 bits per heavy atom. The summed E-state index contributed by atoms with van der Waals surface area (Å²) in [7, 11) is 0. The fourth-order valence-corrected chi connectivity index (χ4v) is 1.40. The molecule has 2 rings (SSSR count). The maximum atomic E-state index is 13.2. The van der Waals surface area contributed by atoms with E-state index in [0.717, 1.165) is 6.20 Å². The van der Waals surface area contributed by atoms with E-state index in [4.69, 9.17) is 0 Å². The SMILES string of the molecule is O=C=NC1(c2ccncc2F)CC1. The Bertz CT molecular complexity index is 381. The lowest BCUT2D eigenvalue weighted by Crippen LogP contribution is -2.05. The summed E-state index contributed by atoms with van der Waals surface area (Å²) in [5, 5.41) is 0. The van der Waals surface area contributed by atoms with E-state index in [9.17, 15) is 9.18 Å². The topological polar surface area (TPSA) is 42.3 Å². The number of hydrogen-bond donors (Lipinski definition) is 0. The smallest absolute Gasteiger partial charge is 0.235 e. The maximum absolute atomic E-state index is 13.2. The Labute approximate surface area is 74.3 Å². The number of aliphatic imine (C=N–C) groups is 1. The molecule has 13 heavy (non-hydrogen) atoms. The standard InChI is InChI=1S/C9H7FN2O/c10-8-5-11-4-1-7(8)9(2-3-9)12-6-13/h1,4-5H,2-3H2. The van der Waals surface area contributed by atoms with E-state index in [1.807, 2.05) is 0 Å². The van der Waals surface area contributed by atoms with Gasteiger partial charge in [-0.15, -0.1) is 0 Å². The van der Waals surface area contributed by atoms with Crippen LogP contribution in [-0.4, -0.2) is 11.1 Å². The van der Waals surface area contributed by atoms with E-state index in [1.54, 1.807) is 6.07 Å². The highest BCUT2D eigenvalue weighted by molar-refractivity contribution is 5.41. The average Bonchev–Trinajstić information content (AvgIpc) is 2.87. The van der Waals surface area contributed by atoms with E-state index < -0.39 is 11.4 Å². The summed E-state index contributed by atoms with van der Waals surface area (Å²) in [6, 6.07) is 1.56. The van der Waals surface area contributed by atoms with Gasteiger partial charge in [-0.3, -0.25) is 4.98 Å². The second kappa shape index (κ2) is 2.75. The zero-order chi connectivity index (χ0) is 9.31. The van der Waals surface area contributed by atoms with E-state index >= 15 is 0 Å². The third kappa shape index (κ3) is 1.25. The summed E-state index contributed by atoms with van der Waals surface area (Å²) in [6.45, 7) is 0. The molecule has 1 saturated carbocycles. The number of isocyanates is 1. The zero-order valence-electron chi connectivity index (χ0n) is 6.83.